The number of carbonyl (C=O) groups is 2. The number of benzene rings is 4. The molecule has 0 bridgehead atoms. The van der Waals surface area contributed by atoms with Gasteiger partial charge in [-0.3, -0.25) is 18.7 Å². The van der Waals surface area contributed by atoms with E-state index >= 15 is 0 Å². The minimum Gasteiger partial charge on any atom is -0.493 e. The van der Waals surface area contributed by atoms with E-state index in [0.717, 1.165) is 34.1 Å². The Hall–Kier alpha value is -6.50. The minimum atomic E-state index is -4.91. The Morgan fingerprint density at radius 1 is 0.597 bits per heavy atom. The third kappa shape index (κ3) is 9.29. The van der Waals surface area contributed by atoms with Crippen LogP contribution in [0, 0.1) is 0 Å². The second-order valence-corrected chi connectivity index (χ2v) is 18.8. The maximum atomic E-state index is 14.0. The van der Waals surface area contributed by atoms with Crippen LogP contribution in [-0.4, -0.2) is 97.8 Å². The fourth-order valence-electron chi connectivity index (χ4n) is 8.34. The first-order valence-electron chi connectivity index (χ1n) is 20.0. The molecule has 4 atom stereocenters. The Morgan fingerprint density at radius 3 is 1.27 bits per heavy atom. The zero-order chi connectivity index (χ0) is 48.4. The molecular formula is C43H38F6N4O12S2. The predicted molar refractivity (Wildman–Crippen MR) is 228 cm³/mol. The molecular weight excluding hydrogens is 943 g/mol. The molecule has 4 aromatic carbocycles. The van der Waals surface area contributed by atoms with Crippen molar-refractivity contribution in [1.29, 1.82) is 0 Å². The first-order valence-corrected chi connectivity index (χ1v) is 23.0. The van der Waals surface area contributed by atoms with Gasteiger partial charge >= 0.3 is 12.4 Å². The average molecular weight is 981 g/mol. The van der Waals surface area contributed by atoms with Crippen LogP contribution in [0.25, 0.3) is 11.1 Å². The number of hydrogen-bond donors (Lipinski definition) is 4. The maximum absolute atomic E-state index is 14.0. The van der Waals surface area contributed by atoms with E-state index < -0.39 is 78.4 Å². The number of hydrogen-bond acceptors (Lipinski definition) is 12. The zero-order valence-electron chi connectivity index (χ0n) is 34.9. The number of nitrogens with zero attached hydrogens (tertiary/aromatic N) is 2. The molecule has 4 aliphatic rings. The van der Waals surface area contributed by atoms with Gasteiger partial charge in [-0.25, -0.2) is 0 Å². The van der Waals surface area contributed by atoms with Gasteiger partial charge in [0.25, 0.3) is 32.1 Å². The van der Waals surface area contributed by atoms with E-state index in [1.54, 1.807) is 0 Å². The van der Waals surface area contributed by atoms with Crippen molar-refractivity contribution in [2.75, 3.05) is 38.1 Å². The third-order valence-corrected chi connectivity index (χ3v) is 13.8. The molecule has 4 aromatic rings. The van der Waals surface area contributed by atoms with E-state index in [9.17, 15) is 61.9 Å². The highest BCUT2D eigenvalue weighted by Gasteiger charge is 2.47. The molecule has 4 heterocycles. The Kier molecular flexibility index (Phi) is 12.1. The van der Waals surface area contributed by atoms with Gasteiger partial charge in [0.05, 0.1) is 73.1 Å². The Morgan fingerprint density at radius 2 is 0.955 bits per heavy atom. The molecule has 4 N–H and O–H groups in total. The van der Waals surface area contributed by atoms with Crippen LogP contribution >= 0.6 is 0 Å². The number of halogens is 6. The Bertz CT molecular complexity index is 2730. The summed E-state index contributed by atoms with van der Waals surface area (Å²) in [4.78, 5) is 30.1. The molecule has 67 heavy (non-hydrogen) atoms. The fourth-order valence-corrected chi connectivity index (χ4v) is 10.1. The van der Waals surface area contributed by atoms with Crippen LogP contribution in [0.5, 0.6) is 23.0 Å². The highest BCUT2D eigenvalue weighted by atomic mass is 32.2. The SMILES string of the molecule is COc1cc2c(cc1OCCCOc1cc3c(cc1OC)C(=O)N1C=C(c4ccc(C(F)(F)F)cc4)C[C@H]1C(S(=O)(=O)O)N3)NC(S(=O)(=O)O)[C@@H]1CC(c3ccc(C(F)(F)F)cc3)=CN1C2=O. The molecule has 0 spiro atoms. The first-order chi connectivity index (χ1) is 31.5. The molecule has 0 saturated carbocycles. The summed E-state index contributed by atoms with van der Waals surface area (Å²) in [5.74, 6) is -1.19. The standard InChI is InChI=1S/C43H38F6N4O12S2/c1-62-34-16-28-30(50-38(66(56,57)58)32-14-24(20-52(32)40(28)54)22-4-8-26(9-5-22)42(44,45)46)18-36(34)64-12-3-13-65-37-19-31-29(17-35(37)63-2)41(55)53-21-25(15-33(53)39(51-31)67(59,60)61)23-6-10-27(11-7-23)43(47,48)49/h4-11,16-21,32-33,38-39,50-51H,3,12-15H2,1-2H3,(H,56,57,58)(H,59,60,61)/t32-,33-,38?,39?/m0/s1. The van der Waals surface area contributed by atoms with E-state index in [4.69, 9.17) is 18.9 Å². The highest BCUT2D eigenvalue weighted by molar-refractivity contribution is 7.86. The van der Waals surface area contributed by atoms with Crippen LogP contribution in [0.1, 0.15) is 62.2 Å². The molecule has 0 aromatic heterocycles. The summed E-state index contributed by atoms with van der Waals surface area (Å²) in [6.45, 7) is -0.143. The lowest BCUT2D eigenvalue weighted by molar-refractivity contribution is -0.138. The number of methoxy groups -OCH3 is 2. The van der Waals surface area contributed by atoms with E-state index in [2.05, 4.69) is 10.6 Å². The summed E-state index contributed by atoms with van der Waals surface area (Å²) >= 11 is 0. The molecule has 24 heteroatoms. The van der Waals surface area contributed by atoms with Gasteiger partial charge in [-0.1, -0.05) is 24.3 Å². The van der Waals surface area contributed by atoms with Gasteiger partial charge in [0, 0.05) is 31.0 Å². The number of nitrogens with one attached hydrogen (secondary N) is 2. The smallest absolute Gasteiger partial charge is 0.416 e. The van der Waals surface area contributed by atoms with Gasteiger partial charge in [-0.05, 0) is 71.5 Å². The second kappa shape index (κ2) is 17.3. The van der Waals surface area contributed by atoms with Crippen LogP contribution in [0.3, 0.4) is 0 Å². The number of amides is 2. The lowest BCUT2D eigenvalue weighted by Crippen LogP contribution is -2.46. The largest absolute Gasteiger partial charge is 0.493 e. The number of carbonyl (C=O) groups excluding carboxylic acids is 2. The van der Waals surface area contributed by atoms with Crippen molar-refractivity contribution in [3.8, 4) is 23.0 Å². The van der Waals surface area contributed by atoms with Gasteiger partial charge in [-0.15, -0.1) is 0 Å². The molecule has 8 rings (SSSR count). The van der Waals surface area contributed by atoms with Crippen molar-refractivity contribution in [3.63, 3.8) is 0 Å². The molecule has 0 saturated heterocycles. The molecule has 16 nitrogen and oxygen atoms in total. The molecule has 0 fully saturated rings. The molecule has 0 radical (unpaired) electrons. The fraction of sp³-hybridized carbons (Fsp3) is 0.302. The van der Waals surface area contributed by atoms with Crippen molar-refractivity contribution in [1.82, 2.24) is 9.80 Å². The van der Waals surface area contributed by atoms with Gasteiger partial charge in [0.1, 0.15) is 0 Å². The number of rotatable bonds is 12. The molecule has 2 amide bonds. The molecule has 356 valence electrons. The van der Waals surface area contributed by atoms with E-state index in [0.29, 0.717) is 22.3 Å². The Labute approximate surface area is 378 Å². The highest BCUT2D eigenvalue weighted by Crippen LogP contribution is 2.44. The van der Waals surface area contributed by atoms with Crippen LogP contribution in [0.15, 0.2) is 85.2 Å². The summed E-state index contributed by atoms with van der Waals surface area (Å²) < 4.78 is 174. The van der Waals surface area contributed by atoms with Crippen LogP contribution in [0.2, 0.25) is 0 Å². The van der Waals surface area contributed by atoms with Crippen molar-refractivity contribution >= 4 is 54.6 Å². The van der Waals surface area contributed by atoms with Gasteiger partial charge < -0.3 is 39.4 Å². The van der Waals surface area contributed by atoms with E-state index in [-0.39, 0.29) is 78.0 Å². The average Bonchev–Trinajstić information content (AvgIpc) is 3.86. The van der Waals surface area contributed by atoms with E-state index in [1.807, 2.05) is 0 Å². The lowest BCUT2D eigenvalue weighted by Gasteiger charge is -2.26. The van der Waals surface area contributed by atoms with Crippen LogP contribution in [0.4, 0.5) is 37.7 Å². The van der Waals surface area contributed by atoms with Crippen molar-refractivity contribution in [2.24, 2.45) is 0 Å². The second-order valence-electron chi connectivity index (χ2n) is 15.7. The predicted octanol–water partition coefficient (Wildman–Crippen LogP) is 7.38. The molecule has 2 unspecified atom stereocenters. The van der Waals surface area contributed by atoms with Gasteiger partial charge in [0.2, 0.25) is 0 Å². The zero-order valence-corrected chi connectivity index (χ0v) is 36.5. The third-order valence-electron chi connectivity index (χ3n) is 11.6. The number of alkyl halides is 6. The van der Waals surface area contributed by atoms with Gasteiger partial charge in [-0.2, -0.15) is 43.2 Å². The quantitative estimate of drug-likeness (QED) is 0.0621. The minimum absolute atomic E-state index is 0.0368. The monoisotopic (exact) mass is 980 g/mol. The van der Waals surface area contributed by atoms with Crippen molar-refractivity contribution < 1.29 is 80.8 Å². The maximum Gasteiger partial charge on any atom is 0.416 e. The summed E-state index contributed by atoms with van der Waals surface area (Å²) in [5.41, 5.74) is -0.684. The van der Waals surface area contributed by atoms with Gasteiger partial charge in [0.15, 0.2) is 33.7 Å². The van der Waals surface area contributed by atoms with Crippen molar-refractivity contribution in [3.05, 3.63) is 119 Å². The van der Waals surface area contributed by atoms with E-state index in [1.165, 1.54) is 75.2 Å². The Balaban J connectivity index is 0.975. The first kappa shape index (κ1) is 47.0. The van der Waals surface area contributed by atoms with Crippen molar-refractivity contribution in [2.45, 2.75) is 54.4 Å². The molecule has 4 aliphatic heterocycles. The summed E-state index contributed by atoms with van der Waals surface area (Å²) in [6, 6.07) is 11.1. The number of fused-ring (bicyclic) bond motifs is 4. The summed E-state index contributed by atoms with van der Waals surface area (Å²) in [7, 11) is -7.24. The van der Waals surface area contributed by atoms with Crippen LogP contribution < -0.4 is 29.6 Å². The number of anilines is 2. The number of ether oxygens (including phenoxy) is 4. The lowest BCUT2D eigenvalue weighted by atomic mass is 10.0. The summed E-state index contributed by atoms with van der Waals surface area (Å²) in [6.07, 6.45) is -6.66. The topological polar surface area (TPSA) is 210 Å². The molecule has 0 aliphatic carbocycles. The normalized spacial score (nSPS) is 20.5. The van der Waals surface area contributed by atoms with Crippen LogP contribution in [-0.2, 0) is 32.6 Å². The summed E-state index contributed by atoms with van der Waals surface area (Å²) in [5, 5.41) is 1.89.